The van der Waals surface area contributed by atoms with Gasteiger partial charge in [0, 0.05) is 39.3 Å². The zero-order chi connectivity index (χ0) is 21.6. The summed E-state index contributed by atoms with van der Waals surface area (Å²) in [4.78, 5) is 21.4. The van der Waals surface area contributed by atoms with E-state index in [0.29, 0.717) is 42.8 Å². The van der Waals surface area contributed by atoms with Gasteiger partial charge in [0.05, 0.1) is 18.8 Å². The SMILES string of the molecule is Cc1nc(COc2ccccc2C(=O)N(C)Cc2ccccc2N2CCOCC2)no1. The first kappa shape index (κ1) is 20.9. The average Bonchev–Trinajstić information content (AvgIpc) is 3.23. The van der Waals surface area contributed by atoms with Gasteiger partial charge in [0.1, 0.15) is 5.75 Å². The van der Waals surface area contributed by atoms with Crippen LogP contribution in [0.3, 0.4) is 0 Å². The summed E-state index contributed by atoms with van der Waals surface area (Å²) in [5, 5.41) is 3.83. The number of benzene rings is 2. The number of morpholine rings is 1. The summed E-state index contributed by atoms with van der Waals surface area (Å²) in [7, 11) is 1.80. The van der Waals surface area contributed by atoms with E-state index in [-0.39, 0.29) is 12.5 Å². The zero-order valence-corrected chi connectivity index (χ0v) is 17.8. The number of rotatable bonds is 7. The maximum Gasteiger partial charge on any atom is 0.257 e. The van der Waals surface area contributed by atoms with Gasteiger partial charge >= 0.3 is 0 Å². The van der Waals surface area contributed by atoms with Crippen molar-refractivity contribution in [1.29, 1.82) is 0 Å². The lowest BCUT2D eigenvalue weighted by Gasteiger charge is -2.31. The molecule has 0 N–H and O–H groups in total. The third kappa shape index (κ3) is 5.03. The van der Waals surface area contributed by atoms with Crippen LogP contribution in [0, 0.1) is 6.92 Å². The number of hydrogen-bond acceptors (Lipinski definition) is 7. The summed E-state index contributed by atoms with van der Waals surface area (Å²) in [5.74, 6) is 1.29. The number of aryl methyl sites for hydroxylation is 1. The highest BCUT2D eigenvalue weighted by Crippen LogP contribution is 2.25. The number of aromatic nitrogens is 2. The Balaban J connectivity index is 1.48. The van der Waals surface area contributed by atoms with Crippen molar-refractivity contribution in [1.82, 2.24) is 15.0 Å². The molecular weight excluding hydrogens is 396 g/mol. The van der Waals surface area contributed by atoms with Gasteiger partial charge < -0.3 is 23.8 Å². The smallest absolute Gasteiger partial charge is 0.257 e. The topological polar surface area (TPSA) is 80.9 Å². The average molecular weight is 422 g/mol. The summed E-state index contributed by atoms with van der Waals surface area (Å²) in [6.45, 7) is 5.47. The molecular formula is C23H26N4O4. The number of amides is 1. The van der Waals surface area contributed by atoms with E-state index in [1.54, 1.807) is 31.0 Å². The molecule has 0 aliphatic carbocycles. The lowest BCUT2D eigenvalue weighted by Crippen LogP contribution is -2.37. The quantitative estimate of drug-likeness (QED) is 0.579. The van der Waals surface area contributed by atoms with Crippen molar-refractivity contribution in [3.05, 3.63) is 71.4 Å². The number of hydrogen-bond donors (Lipinski definition) is 0. The number of carbonyl (C=O) groups excluding carboxylic acids is 1. The van der Waals surface area contributed by atoms with Crippen LogP contribution < -0.4 is 9.64 Å². The van der Waals surface area contributed by atoms with Gasteiger partial charge in [-0.15, -0.1) is 0 Å². The van der Waals surface area contributed by atoms with E-state index in [2.05, 4.69) is 27.2 Å². The van der Waals surface area contributed by atoms with Crippen LogP contribution in [0.1, 0.15) is 27.6 Å². The second-order valence-corrected chi connectivity index (χ2v) is 7.40. The largest absolute Gasteiger partial charge is 0.485 e. The van der Waals surface area contributed by atoms with E-state index >= 15 is 0 Å². The van der Waals surface area contributed by atoms with Crippen molar-refractivity contribution in [3.8, 4) is 5.75 Å². The van der Waals surface area contributed by atoms with Crippen molar-refractivity contribution in [3.63, 3.8) is 0 Å². The zero-order valence-electron chi connectivity index (χ0n) is 17.8. The molecule has 2 aromatic carbocycles. The summed E-state index contributed by atoms with van der Waals surface area (Å²) in [6, 6.07) is 15.4. The molecule has 1 aliphatic rings. The molecule has 8 nitrogen and oxygen atoms in total. The monoisotopic (exact) mass is 422 g/mol. The summed E-state index contributed by atoms with van der Waals surface area (Å²) < 4.78 is 16.3. The third-order valence-corrected chi connectivity index (χ3v) is 5.14. The van der Waals surface area contributed by atoms with Gasteiger partial charge in [-0.25, -0.2) is 0 Å². The highest BCUT2D eigenvalue weighted by atomic mass is 16.5. The second-order valence-electron chi connectivity index (χ2n) is 7.40. The predicted octanol–water partition coefficient (Wildman–Crippen LogP) is 3.07. The maximum atomic E-state index is 13.2. The van der Waals surface area contributed by atoms with Crippen LogP contribution in [0.5, 0.6) is 5.75 Å². The molecule has 4 rings (SSSR count). The fraction of sp³-hybridized carbons (Fsp3) is 0.348. The minimum atomic E-state index is -0.114. The van der Waals surface area contributed by atoms with Crippen LogP contribution in [0.15, 0.2) is 53.1 Å². The Morgan fingerprint density at radius 3 is 2.65 bits per heavy atom. The molecule has 0 atom stereocenters. The van der Waals surface area contributed by atoms with Crippen LogP contribution in [0.25, 0.3) is 0 Å². The van der Waals surface area contributed by atoms with Crippen molar-refractivity contribution < 1.29 is 18.8 Å². The first-order valence-electron chi connectivity index (χ1n) is 10.3. The Morgan fingerprint density at radius 1 is 1.13 bits per heavy atom. The van der Waals surface area contributed by atoms with Gasteiger partial charge in [0.15, 0.2) is 6.61 Å². The Bertz CT molecular complexity index is 1030. The molecule has 0 unspecified atom stereocenters. The highest BCUT2D eigenvalue weighted by molar-refractivity contribution is 5.96. The van der Waals surface area contributed by atoms with Crippen LogP contribution in [-0.2, 0) is 17.9 Å². The van der Waals surface area contributed by atoms with Gasteiger partial charge in [-0.05, 0) is 23.8 Å². The predicted molar refractivity (Wildman–Crippen MR) is 115 cm³/mol. The van der Waals surface area contributed by atoms with Crippen molar-refractivity contribution >= 4 is 11.6 Å². The fourth-order valence-electron chi connectivity index (χ4n) is 3.60. The highest BCUT2D eigenvalue weighted by Gasteiger charge is 2.20. The number of nitrogens with zero attached hydrogens (tertiary/aromatic N) is 4. The summed E-state index contributed by atoms with van der Waals surface area (Å²) >= 11 is 0. The molecule has 1 saturated heterocycles. The molecule has 31 heavy (non-hydrogen) atoms. The lowest BCUT2D eigenvalue weighted by atomic mass is 10.1. The maximum absolute atomic E-state index is 13.2. The van der Waals surface area contributed by atoms with Gasteiger partial charge in [0.25, 0.3) is 5.91 Å². The van der Waals surface area contributed by atoms with Gasteiger partial charge in [-0.2, -0.15) is 4.98 Å². The molecule has 3 aromatic rings. The molecule has 1 fully saturated rings. The number of carbonyl (C=O) groups is 1. The summed E-state index contributed by atoms with van der Waals surface area (Å²) in [6.07, 6.45) is 0. The van der Waals surface area contributed by atoms with Crippen LogP contribution in [-0.4, -0.2) is 54.3 Å². The number of ether oxygens (including phenoxy) is 2. The van der Waals surface area contributed by atoms with Gasteiger partial charge in [-0.1, -0.05) is 35.5 Å². The van der Waals surface area contributed by atoms with E-state index < -0.39 is 0 Å². The van der Waals surface area contributed by atoms with Crippen LogP contribution >= 0.6 is 0 Å². The molecule has 162 valence electrons. The summed E-state index contributed by atoms with van der Waals surface area (Å²) in [5.41, 5.74) is 2.73. The molecule has 0 spiro atoms. The second kappa shape index (κ2) is 9.61. The van der Waals surface area contributed by atoms with Crippen LogP contribution in [0.2, 0.25) is 0 Å². The van der Waals surface area contributed by atoms with Crippen LogP contribution in [0.4, 0.5) is 5.69 Å². The lowest BCUT2D eigenvalue weighted by molar-refractivity contribution is 0.0779. The molecule has 0 saturated carbocycles. The first-order valence-corrected chi connectivity index (χ1v) is 10.3. The Morgan fingerprint density at radius 2 is 1.87 bits per heavy atom. The standard InChI is InChI=1S/C23H26N4O4/c1-17-24-22(25-31-17)16-30-21-10-6-4-8-19(21)23(28)26(2)15-18-7-3-5-9-20(18)27-11-13-29-14-12-27/h3-10H,11-16H2,1-2H3. The van der Waals surface area contributed by atoms with E-state index in [1.165, 1.54) is 0 Å². The molecule has 1 aliphatic heterocycles. The molecule has 1 amide bonds. The molecule has 8 heteroatoms. The van der Waals surface area contributed by atoms with Crippen molar-refractivity contribution in [2.75, 3.05) is 38.3 Å². The minimum absolute atomic E-state index is 0.114. The normalized spacial score (nSPS) is 13.8. The first-order chi connectivity index (χ1) is 15.1. The Labute approximate surface area is 181 Å². The van der Waals surface area contributed by atoms with Crippen molar-refractivity contribution in [2.24, 2.45) is 0 Å². The number of anilines is 1. The van der Waals surface area contributed by atoms with E-state index in [0.717, 1.165) is 24.3 Å². The molecule has 1 aromatic heterocycles. The Kier molecular flexibility index (Phi) is 6.47. The van der Waals surface area contributed by atoms with E-state index in [9.17, 15) is 4.79 Å². The molecule has 0 bridgehead atoms. The van der Waals surface area contributed by atoms with E-state index in [4.69, 9.17) is 14.0 Å². The molecule has 0 radical (unpaired) electrons. The fourth-order valence-corrected chi connectivity index (χ4v) is 3.60. The van der Waals surface area contributed by atoms with E-state index in [1.807, 2.05) is 24.3 Å². The third-order valence-electron chi connectivity index (χ3n) is 5.14. The minimum Gasteiger partial charge on any atom is -0.485 e. The van der Waals surface area contributed by atoms with Gasteiger partial charge in [0.2, 0.25) is 11.7 Å². The van der Waals surface area contributed by atoms with Gasteiger partial charge in [-0.3, -0.25) is 4.79 Å². The number of para-hydroxylation sites is 2. The van der Waals surface area contributed by atoms with Crippen molar-refractivity contribution in [2.45, 2.75) is 20.1 Å². The molecule has 2 heterocycles. The Hall–Kier alpha value is -3.39.